The summed E-state index contributed by atoms with van der Waals surface area (Å²) in [6.45, 7) is 4.70. The number of nitrogens with one attached hydrogen (secondary N) is 1. The number of fused-ring (bicyclic) bond motifs is 1. The molecule has 136 valence electrons. The highest BCUT2D eigenvalue weighted by atomic mass is 35.5. The quantitative estimate of drug-likeness (QED) is 0.433. The van der Waals surface area contributed by atoms with Gasteiger partial charge < -0.3 is 9.72 Å². The van der Waals surface area contributed by atoms with E-state index >= 15 is 0 Å². The predicted octanol–water partition coefficient (Wildman–Crippen LogP) is 6.47. The van der Waals surface area contributed by atoms with Crippen LogP contribution in [-0.4, -0.2) is 9.97 Å². The molecule has 0 unspecified atom stereocenters. The third kappa shape index (κ3) is 3.90. The van der Waals surface area contributed by atoms with Crippen molar-refractivity contribution in [2.45, 2.75) is 26.6 Å². The Morgan fingerprint density at radius 2 is 1.81 bits per heavy atom. The number of aromatic nitrogens is 2. The van der Waals surface area contributed by atoms with E-state index in [9.17, 15) is 0 Å². The fourth-order valence-corrected chi connectivity index (χ4v) is 3.33. The van der Waals surface area contributed by atoms with Crippen molar-refractivity contribution in [2.24, 2.45) is 0 Å². The zero-order valence-electron chi connectivity index (χ0n) is 15.4. The molecule has 27 heavy (non-hydrogen) atoms. The number of aryl methyl sites for hydroxylation is 1. The van der Waals surface area contributed by atoms with Crippen LogP contribution in [0.15, 0.2) is 66.7 Å². The molecule has 4 aromatic rings. The SMILES string of the molecule is Cc1ccc([C@H](C)OCc2ccc(Cl)cc2)c(-c2nc3ccccc3[nH]2)c1. The summed E-state index contributed by atoms with van der Waals surface area (Å²) >= 11 is 5.96. The van der Waals surface area contributed by atoms with E-state index < -0.39 is 0 Å². The van der Waals surface area contributed by atoms with Gasteiger partial charge in [-0.15, -0.1) is 0 Å². The predicted molar refractivity (Wildman–Crippen MR) is 111 cm³/mol. The van der Waals surface area contributed by atoms with Crippen LogP contribution in [0, 0.1) is 6.92 Å². The van der Waals surface area contributed by atoms with Gasteiger partial charge in [-0.05, 0) is 55.3 Å². The number of hydrogen-bond acceptors (Lipinski definition) is 2. The molecular formula is C23H21ClN2O. The van der Waals surface area contributed by atoms with Crippen LogP contribution in [0.4, 0.5) is 0 Å². The van der Waals surface area contributed by atoms with Crippen molar-refractivity contribution in [1.82, 2.24) is 9.97 Å². The third-order valence-electron chi connectivity index (χ3n) is 4.70. The summed E-state index contributed by atoms with van der Waals surface area (Å²) in [6.07, 6.45) is -0.0653. The number of para-hydroxylation sites is 2. The van der Waals surface area contributed by atoms with Gasteiger partial charge in [0.1, 0.15) is 5.82 Å². The van der Waals surface area contributed by atoms with Gasteiger partial charge in [-0.25, -0.2) is 4.98 Å². The van der Waals surface area contributed by atoms with E-state index in [1.807, 2.05) is 48.5 Å². The van der Waals surface area contributed by atoms with Crippen molar-refractivity contribution >= 4 is 22.6 Å². The lowest BCUT2D eigenvalue weighted by Gasteiger charge is -2.17. The molecule has 3 nitrogen and oxygen atoms in total. The minimum atomic E-state index is -0.0653. The van der Waals surface area contributed by atoms with E-state index in [-0.39, 0.29) is 6.10 Å². The second kappa shape index (κ2) is 7.55. The van der Waals surface area contributed by atoms with Crippen molar-refractivity contribution in [3.05, 3.63) is 88.4 Å². The van der Waals surface area contributed by atoms with E-state index in [1.54, 1.807) is 0 Å². The first-order chi connectivity index (χ1) is 13.1. The van der Waals surface area contributed by atoms with Crippen molar-refractivity contribution in [3.8, 4) is 11.4 Å². The first-order valence-electron chi connectivity index (χ1n) is 9.02. The van der Waals surface area contributed by atoms with Gasteiger partial charge in [0, 0.05) is 10.6 Å². The smallest absolute Gasteiger partial charge is 0.138 e. The summed E-state index contributed by atoms with van der Waals surface area (Å²) in [5, 5.41) is 0.734. The Hall–Kier alpha value is -2.62. The molecular weight excluding hydrogens is 356 g/mol. The summed E-state index contributed by atoms with van der Waals surface area (Å²) in [5.41, 5.74) is 6.50. The number of H-pyrrole nitrogens is 1. The Kier molecular flexibility index (Phi) is 4.97. The molecule has 0 spiro atoms. The minimum absolute atomic E-state index is 0.0653. The number of imidazole rings is 1. The largest absolute Gasteiger partial charge is 0.369 e. The third-order valence-corrected chi connectivity index (χ3v) is 4.96. The summed E-state index contributed by atoms with van der Waals surface area (Å²) in [5.74, 6) is 0.872. The lowest BCUT2D eigenvalue weighted by Crippen LogP contribution is -2.03. The molecule has 1 N–H and O–H groups in total. The number of benzene rings is 3. The normalized spacial score (nSPS) is 12.4. The molecule has 3 aromatic carbocycles. The molecule has 0 amide bonds. The Bertz CT molecular complexity index is 1040. The number of ether oxygens (including phenoxy) is 1. The summed E-state index contributed by atoms with van der Waals surface area (Å²) < 4.78 is 6.15. The topological polar surface area (TPSA) is 37.9 Å². The van der Waals surface area contributed by atoms with Crippen molar-refractivity contribution < 1.29 is 4.74 Å². The highest BCUT2D eigenvalue weighted by Crippen LogP contribution is 2.31. The van der Waals surface area contributed by atoms with Crippen LogP contribution in [-0.2, 0) is 11.3 Å². The first kappa shape index (κ1) is 17.8. The van der Waals surface area contributed by atoms with Crippen molar-refractivity contribution in [1.29, 1.82) is 0 Å². The molecule has 4 rings (SSSR count). The minimum Gasteiger partial charge on any atom is -0.369 e. The van der Waals surface area contributed by atoms with Gasteiger partial charge in [-0.3, -0.25) is 0 Å². The van der Waals surface area contributed by atoms with E-state index in [0.717, 1.165) is 38.6 Å². The summed E-state index contributed by atoms with van der Waals surface area (Å²) in [7, 11) is 0. The molecule has 0 aliphatic carbocycles. The van der Waals surface area contributed by atoms with Gasteiger partial charge in [-0.2, -0.15) is 0 Å². The Balaban J connectivity index is 1.63. The molecule has 1 aromatic heterocycles. The summed E-state index contributed by atoms with van der Waals surface area (Å²) in [4.78, 5) is 8.20. The number of aromatic amines is 1. The lowest BCUT2D eigenvalue weighted by atomic mass is 10.00. The van der Waals surface area contributed by atoms with Crippen LogP contribution in [0.2, 0.25) is 5.02 Å². The highest BCUT2D eigenvalue weighted by Gasteiger charge is 2.16. The van der Waals surface area contributed by atoms with E-state index in [4.69, 9.17) is 21.3 Å². The van der Waals surface area contributed by atoms with Crippen LogP contribution in [0.1, 0.15) is 29.7 Å². The number of hydrogen-bond donors (Lipinski definition) is 1. The molecule has 0 radical (unpaired) electrons. The molecule has 0 bridgehead atoms. The van der Waals surface area contributed by atoms with Crippen LogP contribution >= 0.6 is 11.6 Å². The van der Waals surface area contributed by atoms with Crippen molar-refractivity contribution in [2.75, 3.05) is 0 Å². The Morgan fingerprint density at radius 3 is 2.59 bits per heavy atom. The maximum atomic E-state index is 6.15. The summed E-state index contributed by atoms with van der Waals surface area (Å²) in [6, 6.07) is 22.2. The van der Waals surface area contributed by atoms with Gasteiger partial charge in [0.15, 0.2) is 0 Å². The number of nitrogens with zero attached hydrogens (tertiary/aromatic N) is 1. The fourth-order valence-electron chi connectivity index (χ4n) is 3.20. The second-order valence-corrected chi connectivity index (χ2v) is 7.21. The molecule has 1 heterocycles. The molecule has 0 fully saturated rings. The first-order valence-corrected chi connectivity index (χ1v) is 9.39. The lowest BCUT2D eigenvalue weighted by molar-refractivity contribution is 0.0529. The van der Waals surface area contributed by atoms with Crippen LogP contribution < -0.4 is 0 Å². The van der Waals surface area contributed by atoms with Gasteiger partial charge in [-0.1, -0.05) is 53.6 Å². The molecule has 0 aliphatic heterocycles. The van der Waals surface area contributed by atoms with Gasteiger partial charge >= 0.3 is 0 Å². The van der Waals surface area contributed by atoms with Crippen LogP contribution in [0.25, 0.3) is 22.4 Å². The van der Waals surface area contributed by atoms with Gasteiger partial charge in [0.05, 0.1) is 23.7 Å². The second-order valence-electron chi connectivity index (χ2n) is 6.77. The molecule has 0 saturated heterocycles. The standard InChI is InChI=1S/C23H21ClN2O/c1-15-7-12-19(16(2)27-14-17-8-10-18(24)11-9-17)20(13-15)23-25-21-5-3-4-6-22(21)26-23/h3-13,16H,14H2,1-2H3,(H,25,26)/t16-/m0/s1. The zero-order valence-corrected chi connectivity index (χ0v) is 16.1. The zero-order chi connectivity index (χ0) is 18.8. The molecule has 0 saturated carbocycles. The van der Waals surface area contributed by atoms with Crippen LogP contribution in [0.5, 0.6) is 0 Å². The Labute approximate surface area is 164 Å². The maximum Gasteiger partial charge on any atom is 0.138 e. The molecule has 4 heteroatoms. The van der Waals surface area contributed by atoms with E-state index in [0.29, 0.717) is 6.61 Å². The number of rotatable bonds is 5. The van der Waals surface area contributed by atoms with Crippen molar-refractivity contribution in [3.63, 3.8) is 0 Å². The Morgan fingerprint density at radius 1 is 1.04 bits per heavy atom. The van der Waals surface area contributed by atoms with Gasteiger partial charge in [0.25, 0.3) is 0 Å². The average Bonchev–Trinajstić information content (AvgIpc) is 3.11. The van der Waals surface area contributed by atoms with Gasteiger partial charge in [0.2, 0.25) is 0 Å². The van der Waals surface area contributed by atoms with E-state index in [1.165, 1.54) is 5.56 Å². The maximum absolute atomic E-state index is 6.15. The molecule has 0 aliphatic rings. The van der Waals surface area contributed by atoms with Crippen LogP contribution in [0.3, 0.4) is 0 Å². The average molecular weight is 377 g/mol. The highest BCUT2D eigenvalue weighted by molar-refractivity contribution is 6.30. The number of halogens is 1. The molecule has 1 atom stereocenters. The fraction of sp³-hybridized carbons (Fsp3) is 0.174. The monoisotopic (exact) mass is 376 g/mol. The van der Waals surface area contributed by atoms with E-state index in [2.05, 4.69) is 37.0 Å².